The van der Waals surface area contributed by atoms with E-state index in [-0.39, 0.29) is 6.10 Å². The van der Waals surface area contributed by atoms with E-state index in [1.807, 2.05) is 0 Å². The van der Waals surface area contributed by atoms with Crippen molar-refractivity contribution in [1.82, 2.24) is 0 Å². The van der Waals surface area contributed by atoms with E-state index >= 15 is 0 Å². The lowest BCUT2D eigenvalue weighted by Gasteiger charge is -2.57. The number of hydrogen-bond donors (Lipinski definition) is 0. The fraction of sp³-hybridized carbons (Fsp3) is 0.905. The molecule has 3 fully saturated rings. The smallest absolute Gasteiger partial charge is 0.187 e. The molecule has 0 radical (unpaired) electrons. The summed E-state index contributed by atoms with van der Waals surface area (Å²) in [5.41, 5.74) is 2.64. The summed E-state index contributed by atoms with van der Waals surface area (Å²) in [7, 11) is 0. The van der Waals surface area contributed by atoms with Crippen LogP contribution in [0, 0.1) is 33.5 Å². The number of fused-ring (bicyclic) bond motifs is 5. The van der Waals surface area contributed by atoms with Gasteiger partial charge in [-0.15, -0.1) is 4.91 Å². The molecule has 0 spiro atoms. The Kier molecular flexibility index (Phi) is 4.14. The van der Waals surface area contributed by atoms with E-state index in [1.54, 1.807) is 12.5 Å². The third kappa shape index (κ3) is 2.50. The van der Waals surface area contributed by atoms with E-state index in [4.69, 9.17) is 4.74 Å². The van der Waals surface area contributed by atoms with E-state index < -0.39 is 6.23 Å². The second-order valence-corrected chi connectivity index (χ2v) is 9.55. The van der Waals surface area contributed by atoms with E-state index in [9.17, 15) is 4.91 Å². The van der Waals surface area contributed by atoms with Crippen LogP contribution in [0.5, 0.6) is 0 Å². The first-order valence-electron chi connectivity index (χ1n) is 10.1. The van der Waals surface area contributed by atoms with Gasteiger partial charge in [0.25, 0.3) is 0 Å². The molecule has 4 aliphatic carbocycles. The minimum Gasteiger partial charge on any atom is -0.350 e. The third-order valence-corrected chi connectivity index (χ3v) is 8.38. The lowest BCUT2D eigenvalue weighted by Crippen LogP contribution is -2.49. The van der Waals surface area contributed by atoms with Crippen molar-refractivity contribution in [3.05, 3.63) is 16.6 Å². The molecule has 0 saturated heterocycles. The van der Waals surface area contributed by atoms with Gasteiger partial charge in [-0.1, -0.05) is 31.9 Å². The zero-order valence-electron chi connectivity index (χ0n) is 15.6. The van der Waals surface area contributed by atoms with Gasteiger partial charge < -0.3 is 4.74 Å². The first kappa shape index (κ1) is 16.8. The molecule has 0 N–H and O–H groups in total. The van der Waals surface area contributed by atoms with Crippen molar-refractivity contribution in [1.29, 1.82) is 0 Å². The third-order valence-electron chi connectivity index (χ3n) is 8.38. The molecule has 24 heavy (non-hydrogen) atoms. The largest absolute Gasteiger partial charge is 0.350 e. The number of ether oxygens (including phenoxy) is 1. The van der Waals surface area contributed by atoms with Crippen LogP contribution in [0.3, 0.4) is 0 Å². The van der Waals surface area contributed by atoms with Gasteiger partial charge in [0.15, 0.2) is 6.23 Å². The van der Waals surface area contributed by atoms with Crippen molar-refractivity contribution in [3.8, 4) is 0 Å². The Morgan fingerprint density at radius 1 is 1.17 bits per heavy atom. The summed E-state index contributed by atoms with van der Waals surface area (Å²) in [6.07, 6.45) is 14.1. The van der Waals surface area contributed by atoms with Crippen LogP contribution in [0.15, 0.2) is 16.8 Å². The molecule has 2 unspecified atom stereocenters. The zero-order chi connectivity index (χ0) is 16.9. The lowest BCUT2D eigenvalue weighted by atomic mass is 9.48. The van der Waals surface area contributed by atoms with Gasteiger partial charge in [-0.25, -0.2) is 0 Å². The van der Waals surface area contributed by atoms with Crippen LogP contribution in [0.4, 0.5) is 0 Å². The SMILES string of the molecule is CC(N=O)OC1CC[C@@]2(C)C(=CC[C@@H]3[C@H]2CC[C@]2(C)CCC[C@@H]32)C1. The summed E-state index contributed by atoms with van der Waals surface area (Å²) >= 11 is 0. The highest BCUT2D eigenvalue weighted by Crippen LogP contribution is 2.64. The lowest BCUT2D eigenvalue weighted by molar-refractivity contribution is -0.0604. The van der Waals surface area contributed by atoms with E-state index in [2.05, 4.69) is 25.1 Å². The van der Waals surface area contributed by atoms with Crippen LogP contribution < -0.4 is 0 Å². The fourth-order valence-electron chi connectivity index (χ4n) is 7.04. The second kappa shape index (κ2) is 5.93. The number of nitroso groups, excluding NO2 is 1. The second-order valence-electron chi connectivity index (χ2n) is 9.55. The Labute approximate surface area is 146 Å². The van der Waals surface area contributed by atoms with Crippen molar-refractivity contribution in [2.24, 2.45) is 33.8 Å². The molecule has 0 aliphatic heterocycles. The Hall–Kier alpha value is -0.700. The molecule has 3 saturated carbocycles. The summed E-state index contributed by atoms with van der Waals surface area (Å²) in [5.74, 6) is 2.74. The molecule has 0 amide bonds. The highest BCUT2D eigenvalue weighted by molar-refractivity contribution is 5.25. The molecule has 0 aromatic rings. The van der Waals surface area contributed by atoms with Gasteiger partial charge >= 0.3 is 0 Å². The molecule has 7 atom stereocenters. The normalized spacial score (nSPS) is 48.7. The summed E-state index contributed by atoms with van der Waals surface area (Å²) in [6.45, 7) is 6.86. The first-order valence-corrected chi connectivity index (χ1v) is 10.1. The van der Waals surface area contributed by atoms with Crippen LogP contribution in [0.2, 0.25) is 0 Å². The topological polar surface area (TPSA) is 38.7 Å². The Bertz CT molecular complexity index is 544. The summed E-state index contributed by atoms with van der Waals surface area (Å²) in [4.78, 5) is 10.7. The average Bonchev–Trinajstić information content (AvgIpc) is 2.97. The Morgan fingerprint density at radius 3 is 2.79 bits per heavy atom. The molecule has 3 nitrogen and oxygen atoms in total. The van der Waals surface area contributed by atoms with Gasteiger partial charge in [-0.3, -0.25) is 0 Å². The summed E-state index contributed by atoms with van der Waals surface area (Å²) < 4.78 is 5.84. The van der Waals surface area contributed by atoms with Gasteiger partial charge in [0.05, 0.1) is 6.10 Å². The number of allylic oxidation sites excluding steroid dienone is 1. The Balaban J connectivity index is 1.55. The molecule has 3 heteroatoms. The van der Waals surface area contributed by atoms with Crippen molar-refractivity contribution in [3.63, 3.8) is 0 Å². The van der Waals surface area contributed by atoms with E-state index in [0.717, 1.165) is 30.6 Å². The monoisotopic (exact) mass is 331 g/mol. The van der Waals surface area contributed by atoms with Gasteiger partial charge in [0.1, 0.15) is 0 Å². The number of hydrogen-bond acceptors (Lipinski definition) is 3. The first-order chi connectivity index (χ1) is 11.5. The van der Waals surface area contributed by atoms with Crippen LogP contribution in [-0.2, 0) is 4.74 Å². The minimum atomic E-state index is -0.509. The molecule has 134 valence electrons. The van der Waals surface area contributed by atoms with Gasteiger partial charge in [-0.2, -0.15) is 0 Å². The predicted molar refractivity (Wildman–Crippen MR) is 96.5 cm³/mol. The number of rotatable bonds is 3. The molecule has 0 aromatic heterocycles. The molecule has 0 bridgehead atoms. The highest BCUT2D eigenvalue weighted by Gasteiger charge is 2.55. The van der Waals surface area contributed by atoms with Gasteiger partial charge in [-0.05, 0) is 92.1 Å². The van der Waals surface area contributed by atoms with Crippen molar-refractivity contribution in [2.75, 3.05) is 0 Å². The maximum atomic E-state index is 10.7. The van der Waals surface area contributed by atoms with Crippen molar-refractivity contribution in [2.45, 2.75) is 90.9 Å². The van der Waals surface area contributed by atoms with Gasteiger partial charge in [0, 0.05) is 0 Å². The predicted octanol–water partition coefficient (Wildman–Crippen LogP) is 5.84. The summed E-state index contributed by atoms with van der Waals surface area (Å²) in [6, 6.07) is 0. The van der Waals surface area contributed by atoms with Crippen molar-refractivity contribution < 1.29 is 4.74 Å². The maximum absolute atomic E-state index is 10.7. The molecular weight excluding hydrogens is 298 g/mol. The van der Waals surface area contributed by atoms with Crippen LogP contribution in [0.1, 0.15) is 78.6 Å². The molecular formula is C21H33NO2. The van der Waals surface area contributed by atoms with E-state index in [1.165, 1.54) is 44.9 Å². The van der Waals surface area contributed by atoms with Crippen LogP contribution >= 0.6 is 0 Å². The van der Waals surface area contributed by atoms with Gasteiger partial charge in [0.2, 0.25) is 0 Å². The molecule has 4 rings (SSSR count). The maximum Gasteiger partial charge on any atom is 0.187 e. The quantitative estimate of drug-likeness (QED) is 0.481. The van der Waals surface area contributed by atoms with Crippen LogP contribution in [0.25, 0.3) is 0 Å². The standard InChI is InChI=1S/C21H33NO2/c1-14(22-23)24-16-8-12-21(3)15(13-16)6-7-17-18-5-4-10-20(18,2)11-9-19(17)21/h6,14,16-19H,4-5,7-13H2,1-3H3/t14?,16?,17-,18-,19+,20-,21-/m0/s1. The molecule has 0 heterocycles. The van der Waals surface area contributed by atoms with Crippen molar-refractivity contribution >= 4 is 0 Å². The molecule has 4 aliphatic rings. The minimum absolute atomic E-state index is 0.189. The number of nitrogens with zero attached hydrogens (tertiary/aromatic N) is 1. The van der Waals surface area contributed by atoms with E-state index in [0.29, 0.717) is 10.8 Å². The Morgan fingerprint density at radius 2 is 2.00 bits per heavy atom. The van der Waals surface area contributed by atoms with Crippen LogP contribution in [-0.4, -0.2) is 12.3 Å². The highest BCUT2D eigenvalue weighted by atomic mass is 16.5. The average molecular weight is 332 g/mol. The summed E-state index contributed by atoms with van der Waals surface area (Å²) in [5, 5.41) is 3.02. The fourth-order valence-corrected chi connectivity index (χ4v) is 7.04. The molecule has 0 aromatic carbocycles. The zero-order valence-corrected chi connectivity index (χ0v) is 15.6.